The summed E-state index contributed by atoms with van der Waals surface area (Å²) in [5.41, 5.74) is 6.76. The van der Waals surface area contributed by atoms with Crippen LogP contribution in [0.1, 0.15) is 39.0 Å². The molecular formula is C31H26F3N5O4. The third kappa shape index (κ3) is 4.62. The van der Waals surface area contributed by atoms with Gasteiger partial charge in [0.2, 0.25) is 12.1 Å². The minimum Gasteiger partial charge on any atom is -0.366 e. The van der Waals surface area contributed by atoms with Gasteiger partial charge >= 0.3 is 12.2 Å². The number of hydrogen-bond donors (Lipinski definition) is 1. The van der Waals surface area contributed by atoms with Gasteiger partial charge in [0, 0.05) is 30.2 Å². The molecule has 0 bridgehead atoms. The fourth-order valence-electron chi connectivity index (χ4n) is 6.16. The number of carbonyl (C=O) groups excluding carboxylic acids is 4. The predicted molar refractivity (Wildman–Crippen MR) is 150 cm³/mol. The molecule has 1 aliphatic carbocycles. The molecule has 6 rings (SSSR count). The second kappa shape index (κ2) is 10.1. The summed E-state index contributed by atoms with van der Waals surface area (Å²) in [6.45, 7) is -1.64. The Bertz CT molecular complexity index is 1710. The van der Waals surface area contributed by atoms with Crippen LogP contribution in [0.2, 0.25) is 0 Å². The van der Waals surface area contributed by atoms with Gasteiger partial charge in [-0.25, -0.2) is 14.7 Å². The molecule has 0 aromatic heterocycles. The molecule has 1 spiro atoms. The van der Waals surface area contributed by atoms with Crippen LogP contribution in [0.15, 0.2) is 77.8 Å². The van der Waals surface area contributed by atoms with Crippen LogP contribution in [0.25, 0.3) is 0 Å². The average molecular weight is 590 g/mol. The second-order valence-corrected chi connectivity index (χ2v) is 10.8. The summed E-state index contributed by atoms with van der Waals surface area (Å²) in [5.74, 6) is -2.47. The number of halogens is 3. The van der Waals surface area contributed by atoms with Crippen LogP contribution in [0.4, 0.5) is 23.7 Å². The lowest BCUT2D eigenvalue weighted by Gasteiger charge is -2.37. The maximum atomic E-state index is 14.3. The number of amides is 5. The van der Waals surface area contributed by atoms with Crippen LogP contribution in [-0.4, -0.2) is 70.7 Å². The molecule has 1 unspecified atom stereocenters. The van der Waals surface area contributed by atoms with Crippen molar-refractivity contribution in [3.05, 3.63) is 101 Å². The Balaban J connectivity index is 1.47. The number of nitrogens with zero attached hydrogens (tertiary/aromatic N) is 4. The van der Waals surface area contributed by atoms with Crippen molar-refractivity contribution < 1.29 is 32.3 Å². The van der Waals surface area contributed by atoms with E-state index in [0.717, 1.165) is 11.1 Å². The molecule has 0 saturated carbocycles. The maximum absolute atomic E-state index is 14.3. The highest BCUT2D eigenvalue weighted by atomic mass is 19.4. The number of nitrogens with two attached hydrogens (primary N) is 1. The number of primary amides is 1. The first-order chi connectivity index (χ1) is 20.4. The number of likely N-dealkylation sites (N-methyl/N-ethyl adjacent to an activating group) is 1. The van der Waals surface area contributed by atoms with Crippen LogP contribution in [0.3, 0.4) is 0 Å². The van der Waals surface area contributed by atoms with Crippen molar-refractivity contribution in [2.75, 3.05) is 18.5 Å². The normalized spacial score (nSPS) is 22.0. The Morgan fingerprint density at radius 1 is 1.00 bits per heavy atom. The molecular weight excluding hydrogens is 563 g/mol. The lowest BCUT2D eigenvalue weighted by molar-refractivity contribution is -0.141. The van der Waals surface area contributed by atoms with Crippen LogP contribution in [0, 0.1) is 0 Å². The number of alkyl halides is 3. The molecule has 2 atom stereocenters. The third-order valence-electron chi connectivity index (χ3n) is 8.35. The fraction of sp³-hybridized carbons (Fsp3) is 0.258. The lowest BCUT2D eigenvalue weighted by Crippen LogP contribution is -2.54. The average Bonchev–Trinajstić information content (AvgIpc) is 3.08. The van der Waals surface area contributed by atoms with Gasteiger partial charge in [-0.2, -0.15) is 13.2 Å². The summed E-state index contributed by atoms with van der Waals surface area (Å²) in [7, 11) is 1.44. The van der Waals surface area contributed by atoms with Gasteiger partial charge in [0.25, 0.3) is 11.8 Å². The number of imide groups is 1. The highest BCUT2D eigenvalue weighted by Crippen LogP contribution is 2.41. The Hall–Kier alpha value is -5.00. The summed E-state index contributed by atoms with van der Waals surface area (Å²) in [4.78, 5) is 60.9. The molecule has 5 amide bonds. The van der Waals surface area contributed by atoms with Gasteiger partial charge in [-0.05, 0) is 42.2 Å². The molecule has 43 heavy (non-hydrogen) atoms. The number of urea groups is 1. The van der Waals surface area contributed by atoms with E-state index < -0.39 is 48.2 Å². The number of carbonyl (C=O) groups is 4. The van der Waals surface area contributed by atoms with Crippen molar-refractivity contribution in [1.29, 1.82) is 0 Å². The van der Waals surface area contributed by atoms with E-state index in [9.17, 15) is 32.3 Å². The molecule has 3 aliphatic rings. The Kier molecular flexibility index (Phi) is 6.59. The first kappa shape index (κ1) is 28.1. The monoisotopic (exact) mass is 589 g/mol. The summed E-state index contributed by atoms with van der Waals surface area (Å²) in [5, 5.41) is 0. The summed E-state index contributed by atoms with van der Waals surface area (Å²) in [6.07, 6.45) is -6.08. The molecule has 220 valence electrons. The van der Waals surface area contributed by atoms with Crippen molar-refractivity contribution in [3.8, 4) is 0 Å². The molecule has 2 aliphatic heterocycles. The number of aliphatic imine (C=N–C) groups is 1. The van der Waals surface area contributed by atoms with Crippen LogP contribution in [0.5, 0.6) is 0 Å². The van der Waals surface area contributed by atoms with Crippen molar-refractivity contribution >= 4 is 35.2 Å². The Labute approximate surface area is 244 Å². The number of aryl methyl sites for hydroxylation is 1. The summed E-state index contributed by atoms with van der Waals surface area (Å²) < 4.78 is 41.6. The number of rotatable bonds is 4. The van der Waals surface area contributed by atoms with E-state index in [-0.39, 0.29) is 29.8 Å². The van der Waals surface area contributed by atoms with E-state index in [4.69, 9.17) is 5.73 Å². The minimum absolute atomic E-state index is 0.0334. The molecule has 2 N–H and O–H groups in total. The zero-order valence-corrected chi connectivity index (χ0v) is 23.0. The van der Waals surface area contributed by atoms with Crippen molar-refractivity contribution in [2.45, 2.75) is 37.1 Å². The standard InChI is InChI=1S/C31H26F3N5O4/c1-37-29(43)39(28(42)30(37)14-13-19-15-20(25(35)40)11-12-21(19)16-30)26-27(41)38(17-31(32,33)34)23-10-6-5-9-22(23)24(36-26)18-7-3-2-4-8-18/h2-12,15,26H,13-14,16-17H2,1H3,(H2,35,40)/t26-,30?/m1/s1. The van der Waals surface area contributed by atoms with Gasteiger partial charge in [0.05, 0.1) is 11.4 Å². The maximum Gasteiger partial charge on any atom is 0.406 e. The second-order valence-electron chi connectivity index (χ2n) is 10.8. The highest BCUT2D eigenvalue weighted by Gasteiger charge is 2.60. The number of para-hydroxylation sites is 1. The van der Waals surface area contributed by atoms with E-state index >= 15 is 0 Å². The molecule has 12 heteroatoms. The molecule has 1 saturated heterocycles. The third-order valence-corrected chi connectivity index (χ3v) is 8.35. The minimum atomic E-state index is -4.78. The van der Waals surface area contributed by atoms with Gasteiger partial charge in [0.1, 0.15) is 12.1 Å². The summed E-state index contributed by atoms with van der Waals surface area (Å²) in [6, 6.07) is 18.7. The van der Waals surface area contributed by atoms with Gasteiger partial charge in [-0.3, -0.25) is 19.3 Å². The van der Waals surface area contributed by atoms with E-state index in [2.05, 4.69) is 4.99 Å². The smallest absolute Gasteiger partial charge is 0.366 e. The Morgan fingerprint density at radius 2 is 1.70 bits per heavy atom. The van der Waals surface area contributed by atoms with E-state index in [1.807, 2.05) is 0 Å². The van der Waals surface area contributed by atoms with Crippen molar-refractivity contribution in [1.82, 2.24) is 9.80 Å². The van der Waals surface area contributed by atoms with E-state index in [1.165, 1.54) is 30.1 Å². The molecule has 3 aromatic rings. The first-order valence-corrected chi connectivity index (χ1v) is 13.5. The topological polar surface area (TPSA) is 116 Å². The molecule has 2 heterocycles. The molecule has 9 nitrogen and oxygen atoms in total. The lowest BCUT2D eigenvalue weighted by atomic mass is 9.76. The van der Waals surface area contributed by atoms with Crippen LogP contribution >= 0.6 is 0 Å². The molecule has 3 aromatic carbocycles. The van der Waals surface area contributed by atoms with Crippen molar-refractivity contribution in [3.63, 3.8) is 0 Å². The SMILES string of the molecule is CN1C(=O)N([C@H]2N=C(c3ccccc3)c3ccccc3N(CC(F)(F)F)C2=O)C(=O)C12CCc1cc(C(N)=O)ccc1C2. The predicted octanol–water partition coefficient (Wildman–Crippen LogP) is 3.68. The van der Waals surface area contributed by atoms with E-state index in [0.29, 0.717) is 27.3 Å². The van der Waals surface area contributed by atoms with Gasteiger partial charge in [0.15, 0.2) is 0 Å². The number of benzodiazepines with no additional fused rings is 1. The molecule has 0 radical (unpaired) electrons. The van der Waals surface area contributed by atoms with Crippen LogP contribution in [-0.2, 0) is 22.4 Å². The fourth-order valence-corrected chi connectivity index (χ4v) is 6.16. The zero-order chi connectivity index (χ0) is 30.7. The van der Waals surface area contributed by atoms with Crippen molar-refractivity contribution in [2.24, 2.45) is 10.7 Å². The highest BCUT2D eigenvalue weighted by molar-refractivity contribution is 6.21. The largest absolute Gasteiger partial charge is 0.406 e. The van der Waals surface area contributed by atoms with Gasteiger partial charge in [-0.1, -0.05) is 54.6 Å². The van der Waals surface area contributed by atoms with Gasteiger partial charge in [-0.15, -0.1) is 0 Å². The van der Waals surface area contributed by atoms with E-state index in [1.54, 1.807) is 54.6 Å². The molecule has 1 fully saturated rings. The number of hydrogen-bond acceptors (Lipinski definition) is 5. The van der Waals surface area contributed by atoms with Gasteiger partial charge < -0.3 is 10.6 Å². The first-order valence-electron chi connectivity index (χ1n) is 13.5. The number of benzene rings is 3. The number of fused-ring (bicyclic) bond motifs is 2. The number of anilines is 1. The van der Waals surface area contributed by atoms with Crippen LogP contribution < -0.4 is 10.6 Å². The quantitative estimate of drug-likeness (QED) is 0.468. The Morgan fingerprint density at radius 3 is 2.40 bits per heavy atom. The summed E-state index contributed by atoms with van der Waals surface area (Å²) >= 11 is 0. The zero-order valence-electron chi connectivity index (χ0n) is 23.0.